The number of H-pyrrole nitrogens is 2. The number of nitrogens with zero attached hydrogens (tertiary/aromatic N) is 12. The van der Waals surface area contributed by atoms with E-state index < -0.39 is 10.3 Å². The molecule has 0 saturated carbocycles. The van der Waals surface area contributed by atoms with E-state index in [4.69, 9.17) is 15.3 Å². The summed E-state index contributed by atoms with van der Waals surface area (Å²) >= 11 is 0.898. The highest BCUT2D eigenvalue weighted by Crippen LogP contribution is 2.47. The minimum atomic E-state index is -2.25. The topological polar surface area (TPSA) is 217 Å². The molecule has 1 aliphatic rings. The standard InChI is InChI=1S/C13H7N14OS/c1-7-18-10(23-20-7)27(11-19-8(2-14)21-24-11)13(4-16,5-17)28-6-26(27)12-25-22-9(3-15)29-12/h6H2,1H3,(H,18,20,23)(H,19,21,24)/q+1. The van der Waals surface area contributed by atoms with Crippen molar-refractivity contribution in [2.45, 2.75) is 12.6 Å². The molecule has 16 heteroatoms. The Labute approximate surface area is 165 Å². The van der Waals surface area contributed by atoms with Gasteiger partial charge >= 0.3 is 17.6 Å². The summed E-state index contributed by atoms with van der Waals surface area (Å²) in [5, 5.41) is 60.4. The molecule has 0 amide bonds. The van der Waals surface area contributed by atoms with Gasteiger partial charge in [0.1, 0.15) is 18.0 Å². The van der Waals surface area contributed by atoms with Crippen LogP contribution in [-0.4, -0.2) is 53.0 Å². The van der Waals surface area contributed by atoms with E-state index in [0.29, 0.717) is 5.82 Å². The monoisotopic (exact) mass is 407 g/mol. The third-order valence-corrected chi connectivity index (χ3v) is 4.84. The molecular formula is C13H7N14OS+. The third-order valence-electron chi connectivity index (χ3n) is 4.00. The Morgan fingerprint density at radius 2 is 1.90 bits per heavy atom. The van der Waals surface area contributed by atoms with Crippen LogP contribution in [0.25, 0.3) is 0 Å². The molecule has 15 nitrogen and oxygen atoms in total. The second-order valence-electron chi connectivity index (χ2n) is 5.49. The minimum absolute atomic E-state index is 0.0472. The molecule has 4 rings (SSSR count). The van der Waals surface area contributed by atoms with E-state index in [9.17, 15) is 10.5 Å². The molecule has 0 aromatic carbocycles. The van der Waals surface area contributed by atoms with Crippen molar-refractivity contribution in [1.29, 1.82) is 21.0 Å². The van der Waals surface area contributed by atoms with Crippen LogP contribution in [0, 0.1) is 52.2 Å². The van der Waals surface area contributed by atoms with Gasteiger partial charge in [-0.15, -0.1) is 25.3 Å². The van der Waals surface area contributed by atoms with Crippen LogP contribution in [0.4, 0.5) is 17.0 Å². The third kappa shape index (κ3) is 2.25. The van der Waals surface area contributed by atoms with Crippen LogP contribution in [0.5, 0.6) is 0 Å². The summed E-state index contributed by atoms with van der Waals surface area (Å²) in [6, 6.07) is 7.33. The van der Waals surface area contributed by atoms with Gasteiger partial charge in [0.2, 0.25) is 5.01 Å². The lowest BCUT2D eigenvalue weighted by molar-refractivity contribution is 0.0372. The van der Waals surface area contributed by atoms with Gasteiger partial charge in [-0.3, -0.25) is 9.84 Å². The second-order valence-corrected chi connectivity index (χ2v) is 6.45. The van der Waals surface area contributed by atoms with E-state index in [2.05, 4.69) is 40.6 Å². The number of aryl methyl sites for hydroxylation is 1. The first-order valence-corrected chi connectivity index (χ1v) is 8.46. The summed E-state index contributed by atoms with van der Waals surface area (Å²) in [4.78, 5) is 8.35. The Bertz CT molecular complexity index is 1250. The lowest BCUT2D eigenvalue weighted by Gasteiger charge is -2.35. The highest BCUT2D eigenvalue weighted by Gasteiger charge is 2.72. The van der Waals surface area contributed by atoms with Crippen LogP contribution in [0.3, 0.4) is 0 Å². The SMILES string of the molecule is Cc1nc([N+]2(c3nc(C#N)n[nH]3)N(c3nnc(C#N)s3)COC2(C#N)C#N)n[nH]1. The van der Waals surface area contributed by atoms with Crippen LogP contribution in [0.2, 0.25) is 0 Å². The molecule has 3 aromatic heterocycles. The number of hydrogen-bond acceptors (Lipinski definition) is 13. The van der Waals surface area contributed by atoms with Gasteiger partial charge in [-0.1, -0.05) is 16.4 Å². The fraction of sp³-hybridized carbons (Fsp3) is 0.231. The minimum Gasteiger partial charge on any atom is -0.274 e. The summed E-state index contributed by atoms with van der Waals surface area (Å²) < 4.78 is 4.65. The van der Waals surface area contributed by atoms with Crippen molar-refractivity contribution in [3.63, 3.8) is 0 Å². The Hall–Kier alpha value is -4.48. The van der Waals surface area contributed by atoms with Gasteiger partial charge in [0.25, 0.3) is 11.0 Å². The van der Waals surface area contributed by atoms with Crippen molar-refractivity contribution in [2.75, 3.05) is 11.7 Å². The van der Waals surface area contributed by atoms with Gasteiger partial charge in [-0.05, 0) is 11.5 Å². The lowest BCUT2D eigenvalue weighted by atomic mass is 10.2. The van der Waals surface area contributed by atoms with Gasteiger partial charge in [0.05, 0.1) is 0 Å². The van der Waals surface area contributed by atoms with Crippen LogP contribution in [0.15, 0.2) is 0 Å². The summed E-state index contributed by atoms with van der Waals surface area (Å²) in [5.41, 5.74) is -2.25. The Morgan fingerprint density at radius 3 is 2.45 bits per heavy atom. The molecule has 0 bridgehead atoms. The maximum Gasteiger partial charge on any atom is 0.422 e. The van der Waals surface area contributed by atoms with Crippen LogP contribution in [0.1, 0.15) is 16.7 Å². The van der Waals surface area contributed by atoms with Crippen molar-refractivity contribution in [3.8, 4) is 24.3 Å². The number of rotatable bonds is 3. The zero-order chi connectivity index (χ0) is 20.6. The first-order chi connectivity index (χ1) is 14.0. The molecular weight excluding hydrogens is 400 g/mol. The van der Waals surface area contributed by atoms with Crippen LogP contribution < -0.4 is 9.60 Å². The predicted molar refractivity (Wildman–Crippen MR) is 90.7 cm³/mol. The number of nitrogens with one attached hydrogen (secondary N) is 2. The van der Waals surface area contributed by atoms with E-state index in [1.54, 1.807) is 13.0 Å². The van der Waals surface area contributed by atoms with Gasteiger partial charge < -0.3 is 0 Å². The summed E-state index contributed by atoms with van der Waals surface area (Å²) in [6.45, 7) is 1.30. The molecule has 140 valence electrons. The van der Waals surface area contributed by atoms with Crippen molar-refractivity contribution >= 4 is 28.4 Å². The largest absolute Gasteiger partial charge is 0.422 e. The Balaban J connectivity index is 2.09. The number of anilines is 1. The highest BCUT2D eigenvalue weighted by molar-refractivity contribution is 7.15. The second kappa shape index (κ2) is 6.30. The highest BCUT2D eigenvalue weighted by atomic mass is 32.1. The number of quaternary nitrogens is 1. The number of ether oxygens (including phenoxy) is 1. The van der Waals surface area contributed by atoms with Crippen LogP contribution in [-0.2, 0) is 4.74 Å². The van der Waals surface area contributed by atoms with Gasteiger partial charge in [0, 0.05) is 0 Å². The molecule has 29 heavy (non-hydrogen) atoms. The molecule has 1 saturated heterocycles. The maximum absolute atomic E-state index is 9.94. The number of nitriles is 4. The maximum atomic E-state index is 9.94. The average Bonchev–Trinajstić information content (AvgIpc) is 3.51. The first kappa shape index (κ1) is 17.9. The number of aromatic amines is 2. The fourth-order valence-corrected chi connectivity index (χ4v) is 3.48. The lowest BCUT2D eigenvalue weighted by Crippen LogP contribution is -2.66. The average molecular weight is 407 g/mol. The van der Waals surface area contributed by atoms with Gasteiger partial charge in [-0.2, -0.15) is 26.0 Å². The molecule has 0 aliphatic carbocycles. The number of hydrogen-bond donors (Lipinski definition) is 2. The normalized spacial score (nSPS) is 19.8. The van der Waals surface area contributed by atoms with Gasteiger partial charge in [0.15, 0.2) is 18.9 Å². The van der Waals surface area contributed by atoms with E-state index in [1.165, 1.54) is 5.01 Å². The molecule has 1 unspecified atom stereocenters. The van der Waals surface area contributed by atoms with E-state index >= 15 is 0 Å². The summed E-state index contributed by atoms with van der Waals surface area (Å²) in [7, 11) is 0. The van der Waals surface area contributed by atoms with E-state index in [0.717, 1.165) is 11.3 Å². The molecule has 0 radical (unpaired) electrons. The molecule has 0 spiro atoms. The molecule has 1 fully saturated rings. The van der Waals surface area contributed by atoms with Crippen molar-refractivity contribution in [1.82, 2.24) is 45.2 Å². The quantitative estimate of drug-likeness (QED) is 0.531. The number of aromatic nitrogens is 8. The molecule has 4 heterocycles. The van der Waals surface area contributed by atoms with Crippen molar-refractivity contribution in [3.05, 3.63) is 16.7 Å². The van der Waals surface area contributed by atoms with Crippen LogP contribution >= 0.6 is 11.3 Å². The molecule has 1 aliphatic heterocycles. The fourth-order valence-electron chi connectivity index (χ4n) is 2.82. The smallest absolute Gasteiger partial charge is 0.274 e. The van der Waals surface area contributed by atoms with Crippen molar-refractivity contribution in [2.24, 2.45) is 0 Å². The van der Waals surface area contributed by atoms with E-state index in [-0.39, 0.29) is 34.6 Å². The Kier molecular flexibility index (Phi) is 3.89. The van der Waals surface area contributed by atoms with E-state index in [1.807, 2.05) is 18.2 Å². The molecule has 1 atom stereocenters. The van der Waals surface area contributed by atoms with Crippen molar-refractivity contribution < 1.29 is 4.74 Å². The zero-order valence-corrected chi connectivity index (χ0v) is 15.2. The molecule has 2 N–H and O–H groups in total. The molecule has 3 aromatic rings. The van der Waals surface area contributed by atoms with Gasteiger partial charge in [-0.25, -0.2) is 5.10 Å². The summed E-state index contributed by atoms with van der Waals surface area (Å²) in [6.07, 6.45) is 0. The first-order valence-electron chi connectivity index (χ1n) is 7.64. The summed E-state index contributed by atoms with van der Waals surface area (Å²) in [5.74, 6) is -0.104. The predicted octanol–water partition coefficient (Wildman–Crippen LogP) is -0.382. The Morgan fingerprint density at radius 1 is 1.10 bits per heavy atom. The zero-order valence-electron chi connectivity index (χ0n) is 14.4.